The third kappa shape index (κ3) is 2.79. The van der Waals surface area contributed by atoms with Crippen LogP contribution in [0.1, 0.15) is 23.4 Å². The zero-order valence-electron chi connectivity index (χ0n) is 10.9. The number of halogens is 1. The molecule has 19 heavy (non-hydrogen) atoms. The highest BCUT2D eigenvalue weighted by Gasteiger charge is 2.33. The first-order chi connectivity index (χ1) is 8.77. The molecule has 0 spiro atoms. The Balaban J connectivity index is 0.00000133. The Morgan fingerprint density at radius 1 is 1.58 bits per heavy atom. The van der Waals surface area contributed by atoms with Crippen molar-refractivity contribution in [3.8, 4) is 0 Å². The van der Waals surface area contributed by atoms with E-state index in [0.29, 0.717) is 13.2 Å². The second-order valence-electron chi connectivity index (χ2n) is 4.82. The molecule has 1 aromatic heterocycles. The summed E-state index contributed by atoms with van der Waals surface area (Å²) in [6, 6.07) is 2.32. The standard InChI is InChI=1S/C13H18N2O2S.ClH/c1-9-10-3-7-18-12(10)2-5-15(9)13(16)11-8-14-4-6-17-11;/h3,7,9,11,14H,2,4-6,8H2,1H3;1H. The zero-order chi connectivity index (χ0) is 12.5. The smallest absolute Gasteiger partial charge is 0.253 e. The minimum atomic E-state index is -0.304. The van der Waals surface area contributed by atoms with E-state index in [0.717, 1.165) is 19.5 Å². The van der Waals surface area contributed by atoms with Crippen LogP contribution >= 0.6 is 23.7 Å². The highest BCUT2D eigenvalue weighted by Crippen LogP contribution is 2.33. The quantitative estimate of drug-likeness (QED) is 0.857. The Hall–Kier alpha value is -0.620. The summed E-state index contributed by atoms with van der Waals surface area (Å²) in [5.41, 5.74) is 1.31. The summed E-state index contributed by atoms with van der Waals surface area (Å²) in [4.78, 5) is 15.8. The largest absolute Gasteiger partial charge is 0.366 e. The Bertz CT molecular complexity index is 446. The molecule has 1 fully saturated rings. The number of nitrogens with zero attached hydrogens (tertiary/aromatic N) is 1. The molecule has 0 aliphatic carbocycles. The van der Waals surface area contributed by atoms with Crippen molar-refractivity contribution in [2.45, 2.75) is 25.5 Å². The molecular weight excluding hydrogens is 284 g/mol. The minimum absolute atomic E-state index is 0. The lowest BCUT2D eigenvalue weighted by Gasteiger charge is -2.36. The summed E-state index contributed by atoms with van der Waals surface area (Å²) in [5, 5.41) is 5.33. The van der Waals surface area contributed by atoms with Crippen LogP contribution in [0.2, 0.25) is 0 Å². The summed E-state index contributed by atoms with van der Waals surface area (Å²) in [6.45, 7) is 5.03. The lowest BCUT2D eigenvalue weighted by atomic mass is 10.0. The number of morpholine rings is 1. The highest BCUT2D eigenvalue weighted by atomic mass is 35.5. The summed E-state index contributed by atoms with van der Waals surface area (Å²) in [6.07, 6.45) is 0.671. The molecule has 3 heterocycles. The van der Waals surface area contributed by atoms with Crippen molar-refractivity contribution in [2.75, 3.05) is 26.2 Å². The maximum Gasteiger partial charge on any atom is 0.253 e. The van der Waals surface area contributed by atoms with Crippen LogP contribution in [-0.2, 0) is 16.0 Å². The average Bonchev–Trinajstić information content (AvgIpc) is 2.89. The maximum atomic E-state index is 12.5. The Kier molecular flexibility index (Phi) is 4.84. The van der Waals surface area contributed by atoms with Crippen molar-refractivity contribution in [1.29, 1.82) is 0 Å². The molecule has 6 heteroatoms. The highest BCUT2D eigenvalue weighted by molar-refractivity contribution is 7.10. The number of rotatable bonds is 1. The van der Waals surface area contributed by atoms with Crippen LogP contribution in [0.4, 0.5) is 0 Å². The number of nitrogens with one attached hydrogen (secondary N) is 1. The summed E-state index contributed by atoms with van der Waals surface area (Å²) in [5.74, 6) is 0.131. The SMILES string of the molecule is CC1c2ccsc2CCN1C(=O)C1CNCCO1.Cl. The molecule has 2 atom stereocenters. The Morgan fingerprint density at radius 2 is 2.42 bits per heavy atom. The van der Waals surface area contributed by atoms with Gasteiger partial charge in [0, 0.05) is 24.5 Å². The van der Waals surface area contributed by atoms with Gasteiger partial charge in [-0.05, 0) is 30.4 Å². The number of amides is 1. The molecule has 0 radical (unpaired) electrons. The third-order valence-corrected chi connectivity index (χ3v) is 4.76. The van der Waals surface area contributed by atoms with E-state index in [-0.39, 0.29) is 30.5 Å². The molecule has 1 amide bonds. The first-order valence-corrected chi connectivity index (χ1v) is 7.34. The van der Waals surface area contributed by atoms with Crippen LogP contribution in [0.25, 0.3) is 0 Å². The van der Waals surface area contributed by atoms with Crippen molar-refractivity contribution in [1.82, 2.24) is 10.2 Å². The number of carbonyl (C=O) groups is 1. The molecule has 0 aromatic carbocycles. The van der Waals surface area contributed by atoms with Gasteiger partial charge in [-0.15, -0.1) is 23.7 Å². The van der Waals surface area contributed by atoms with Crippen LogP contribution in [0.15, 0.2) is 11.4 Å². The van der Waals surface area contributed by atoms with Gasteiger partial charge in [0.15, 0.2) is 0 Å². The molecule has 1 saturated heterocycles. The summed E-state index contributed by atoms with van der Waals surface area (Å²) < 4.78 is 5.56. The van der Waals surface area contributed by atoms with Crippen LogP contribution in [0.3, 0.4) is 0 Å². The van der Waals surface area contributed by atoms with Crippen LogP contribution in [0.5, 0.6) is 0 Å². The van der Waals surface area contributed by atoms with E-state index >= 15 is 0 Å². The van der Waals surface area contributed by atoms with E-state index in [1.807, 2.05) is 4.90 Å². The lowest BCUT2D eigenvalue weighted by molar-refractivity contribution is -0.147. The molecule has 1 aromatic rings. The fourth-order valence-electron chi connectivity index (χ4n) is 2.72. The van der Waals surface area contributed by atoms with Gasteiger partial charge in [-0.25, -0.2) is 0 Å². The molecule has 2 unspecified atom stereocenters. The topological polar surface area (TPSA) is 41.6 Å². The second-order valence-corrected chi connectivity index (χ2v) is 5.82. The first kappa shape index (κ1) is 14.8. The van der Waals surface area contributed by atoms with Crippen molar-refractivity contribution in [3.05, 3.63) is 21.9 Å². The van der Waals surface area contributed by atoms with E-state index < -0.39 is 0 Å². The fraction of sp³-hybridized carbons (Fsp3) is 0.615. The van der Waals surface area contributed by atoms with Gasteiger partial charge in [-0.2, -0.15) is 0 Å². The molecule has 3 rings (SSSR count). The number of ether oxygens (including phenoxy) is 1. The van der Waals surface area contributed by atoms with Crippen molar-refractivity contribution in [3.63, 3.8) is 0 Å². The van der Waals surface area contributed by atoms with Crippen molar-refractivity contribution in [2.24, 2.45) is 0 Å². The van der Waals surface area contributed by atoms with Gasteiger partial charge in [0.25, 0.3) is 5.91 Å². The van der Waals surface area contributed by atoms with Gasteiger partial charge < -0.3 is 15.0 Å². The molecule has 4 nitrogen and oxygen atoms in total. The third-order valence-electron chi connectivity index (χ3n) is 3.76. The Labute approximate surface area is 123 Å². The van der Waals surface area contributed by atoms with Gasteiger partial charge in [0.05, 0.1) is 12.6 Å². The minimum Gasteiger partial charge on any atom is -0.366 e. The molecule has 2 aliphatic rings. The van der Waals surface area contributed by atoms with Gasteiger partial charge in [0.1, 0.15) is 6.10 Å². The van der Waals surface area contributed by atoms with Gasteiger partial charge in [-0.3, -0.25) is 4.79 Å². The molecule has 0 saturated carbocycles. The van der Waals surface area contributed by atoms with E-state index in [1.165, 1.54) is 10.4 Å². The van der Waals surface area contributed by atoms with Crippen LogP contribution in [-0.4, -0.2) is 43.2 Å². The predicted molar refractivity (Wildman–Crippen MR) is 78.0 cm³/mol. The monoisotopic (exact) mass is 302 g/mol. The van der Waals surface area contributed by atoms with Crippen LogP contribution < -0.4 is 5.32 Å². The summed E-state index contributed by atoms with van der Waals surface area (Å²) in [7, 11) is 0. The fourth-order valence-corrected chi connectivity index (χ4v) is 3.68. The number of thiophene rings is 1. The van der Waals surface area contributed by atoms with Crippen LogP contribution in [0, 0.1) is 0 Å². The predicted octanol–water partition coefficient (Wildman–Crippen LogP) is 1.60. The maximum absolute atomic E-state index is 12.5. The normalized spacial score (nSPS) is 26.5. The molecule has 1 N–H and O–H groups in total. The van der Waals surface area contributed by atoms with E-state index in [9.17, 15) is 4.79 Å². The zero-order valence-corrected chi connectivity index (χ0v) is 12.6. The van der Waals surface area contributed by atoms with E-state index in [2.05, 4.69) is 23.7 Å². The molecule has 2 aliphatic heterocycles. The first-order valence-electron chi connectivity index (χ1n) is 6.46. The Morgan fingerprint density at radius 3 is 3.16 bits per heavy atom. The summed E-state index contributed by atoms with van der Waals surface area (Å²) >= 11 is 1.80. The number of hydrogen-bond donors (Lipinski definition) is 1. The number of carbonyl (C=O) groups excluding carboxylic acids is 1. The lowest BCUT2D eigenvalue weighted by Crippen LogP contribution is -2.51. The van der Waals surface area contributed by atoms with Gasteiger partial charge in [0.2, 0.25) is 0 Å². The van der Waals surface area contributed by atoms with Crippen molar-refractivity contribution < 1.29 is 9.53 Å². The van der Waals surface area contributed by atoms with Gasteiger partial charge in [-0.1, -0.05) is 0 Å². The second kappa shape index (κ2) is 6.22. The number of hydrogen-bond acceptors (Lipinski definition) is 4. The van der Waals surface area contributed by atoms with E-state index in [1.54, 1.807) is 11.3 Å². The molecule has 106 valence electrons. The average molecular weight is 303 g/mol. The van der Waals surface area contributed by atoms with Crippen molar-refractivity contribution >= 4 is 29.7 Å². The molecular formula is C13H19ClN2O2S. The number of fused-ring (bicyclic) bond motifs is 1. The van der Waals surface area contributed by atoms with E-state index in [4.69, 9.17) is 4.74 Å². The van der Waals surface area contributed by atoms with Gasteiger partial charge >= 0.3 is 0 Å². The molecule has 0 bridgehead atoms.